The largest absolute Gasteiger partial charge is 0.385 e. The molecule has 0 aliphatic carbocycles. The Bertz CT molecular complexity index is 980. The highest BCUT2D eigenvalue weighted by Gasteiger charge is 2.26. The highest BCUT2D eigenvalue weighted by molar-refractivity contribution is 6.11. The summed E-state index contributed by atoms with van der Waals surface area (Å²) < 4.78 is 0. The molecule has 0 saturated heterocycles. The van der Waals surface area contributed by atoms with Crippen LogP contribution in [0.25, 0.3) is 10.8 Å². The minimum atomic E-state index is -0.657. The number of nitrogens with zero attached hydrogens (tertiary/aromatic N) is 1. The lowest BCUT2D eigenvalue weighted by Gasteiger charge is -2.24. The number of benzene rings is 3. The Hall–Kier alpha value is -3.34. The first-order chi connectivity index (χ1) is 12.2. The second-order valence-electron chi connectivity index (χ2n) is 6.03. The van der Waals surface area contributed by atoms with Gasteiger partial charge in [0.1, 0.15) is 5.84 Å². The van der Waals surface area contributed by atoms with Crippen LogP contribution < -0.4 is 16.4 Å². The third kappa shape index (κ3) is 3.04. The molecule has 0 radical (unpaired) electrons. The molecule has 0 fully saturated rings. The molecule has 3 aromatic rings. The molecule has 0 bridgehead atoms. The number of hydrogen-bond acceptors (Lipinski definition) is 4. The minimum Gasteiger partial charge on any atom is -0.385 e. The molecule has 1 aliphatic heterocycles. The van der Waals surface area contributed by atoms with Gasteiger partial charge in [-0.2, -0.15) is 0 Å². The second kappa shape index (κ2) is 6.28. The maximum atomic E-state index is 12.5. The van der Waals surface area contributed by atoms with Crippen molar-refractivity contribution in [1.29, 1.82) is 0 Å². The number of hydrogen-bond donors (Lipinski definition) is 3. The van der Waals surface area contributed by atoms with E-state index in [1.54, 1.807) is 0 Å². The number of nitrogens with two attached hydrogens (primary N) is 1. The third-order valence-corrected chi connectivity index (χ3v) is 4.29. The molecule has 1 amide bonds. The van der Waals surface area contributed by atoms with E-state index < -0.39 is 6.04 Å². The van der Waals surface area contributed by atoms with Gasteiger partial charge in [-0.25, -0.2) is 4.99 Å². The normalized spacial score (nSPS) is 15.8. The molecule has 5 nitrogen and oxygen atoms in total. The van der Waals surface area contributed by atoms with Crippen LogP contribution in [0.15, 0.2) is 71.7 Å². The zero-order valence-electron chi connectivity index (χ0n) is 13.6. The Morgan fingerprint density at radius 1 is 1.04 bits per heavy atom. The van der Waals surface area contributed by atoms with Crippen LogP contribution in [0.3, 0.4) is 0 Å². The van der Waals surface area contributed by atoms with E-state index >= 15 is 0 Å². The van der Waals surface area contributed by atoms with E-state index in [1.807, 2.05) is 42.5 Å². The number of aliphatic imine (C=N–C) groups is 1. The summed E-state index contributed by atoms with van der Waals surface area (Å²) >= 11 is 0. The van der Waals surface area contributed by atoms with Gasteiger partial charge >= 0.3 is 0 Å². The summed E-state index contributed by atoms with van der Waals surface area (Å²) in [6.45, 7) is 0.441. The van der Waals surface area contributed by atoms with E-state index in [-0.39, 0.29) is 11.7 Å². The quantitative estimate of drug-likeness (QED) is 0.691. The summed E-state index contributed by atoms with van der Waals surface area (Å²) in [5.74, 6) is 0.0821. The molecule has 4 rings (SSSR count). The molecule has 1 atom stereocenters. The molecule has 1 unspecified atom stereocenters. The summed E-state index contributed by atoms with van der Waals surface area (Å²) in [5.41, 5.74) is 8.56. The van der Waals surface area contributed by atoms with Crippen molar-refractivity contribution in [1.82, 2.24) is 5.32 Å². The fraction of sp³-hybridized carbons (Fsp3) is 0.100. The predicted octanol–water partition coefficient (Wildman–Crippen LogP) is 2.94. The maximum Gasteiger partial charge on any atom is 0.250 e. The standard InChI is InChI=1S/C20H18N4O/c21-19-18(23-16-7-3-4-8-17(16)24-19)20(25)22-12-13-9-10-14-5-1-2-6-15(14)11-13/h1-11,18,23H,12H2,(H2,21,24)(H,22,25). The summed E-state index contributed by atoms with van der Waals surface area (Å²) in [6.07, 6.45) is 0. The maximum absolute atomic E-state index is 12.5. The van der Waals surface area contributed by atoms with Gasteiger partial charge in [0.15, 0.2) is 6.04 Å². The number of amides is 1. The lowest BCUT2D eigenvalue weighted by molar-refractivity contribution is -0.120. The lowest BCUT2D eigenvalue weighted by Crippen LogP contribution is -2.49. The van der Waals surface area contributed by atoms with Crippen LogP contribution in [0.4, 0.5) is 11.4 Å². The first-order valence-corrected chi connectivity index (χ1v) is 8.16. The van der Waals surface area contributed by atoms with Crippen molar-refractivity contribution in [3.63, 3.8) is 0 Å². The summed E-state index contributed by atoms with van der Waals surface area (Å²) in [4.78, 5) is 16.8. The second-order valence-corrected chi connectivity index (χ2v) is 6.03. The van der Waals surface area contributed by atoms with Crippen molar-refractivity contribution in [3.8, 4) is 0 Å². The van der Waals surface area contributed by atoms with Gasteiger partial charge in [-0.05, 0) is 34.5 Å². The molecule has 0 spiro atoms. The zero-order chi connectivity index (χ0) is 17.2. The average molecular weight is 330 g/mol. The number of carbonyl (C=O) groups excluding carboxylic acids is 1. The van der Waals surface area contributed by atoms with Crippen LogP contribution in [0, 0.1) is 0 Å². The van der Waals surface area contributed by atoms with Crippen molar-refractivity contribution in [2.24, 2.45) is 10.7 Å². The van der Waals surface area contributed by atoms with E-state index in [0.29, 0.717) is 6.54 Å². The van der Waals surface area contributed by atoms with Gasteiger partial charge in [0, 0.05) is 6.54 Å². The SMILES string of the molecule is NC1=Nc2ccccc2NC1C(=O)NCc1ccc2ccccc2c1. The number of rotatable bonds is 3. The van der Waals surface area contributed by atoms with E-state index in [1.165, 1.54) is 5.39 Å². The van der Waals surface area contributed by atoms with Crippen molar-refractivity contribution in [2.75, 3.05) is 5.32 Å². The molecule has 25 heavy (non-hydrogen) atoms. The van der Waals surface area contributed by atoms with Crippen LogP contribution in [0.5, 0.6) is 0 Å². The first-order valence-electron chi connectivity index (χ1n) is 8.16. The molecule has 4 N–H and O–H groups in total. The van der Waals surface area contributed by atoms with Gasteiger partial charge in [0.25, 0.3) is 5.91 Å². The number of fused-ring (bicyclic) bond motifs is 2. The van der Waals surface area contributed by atoms with E-state index in [9.17, 15) is 4.79 Å². The highest BCUT2D eigenvalue weighted by Crippen LogP contribution is 2.28. The lowest BCUT2D eigenvalue weighted by atomic mass is 10.1. The number of carbonyl (C=O) groups is 1. The average Bonchev–Trinajstić information content (AvgIpc) is 2.65. The molecule has 5 heteroatoms. The van der Waals surface area contributed by atoms with Gasteiger partial charge in [-0.3, -0.25) is 4.79 Å². The monoisotopic (exact) mass is 330 g/mol. The fourth-order valence-corrected chi connectivity index (χ4v) is 2.97. The van der Waals surface area contributed by atoms with Gasteiger partial charge < -0.3 is 16.4 Å². The van der Waals surface area contributed by atoms with Crippen LogP contribution in [0.1, 0.15) is 5.56 Å². The van der Waals surface area contributed by atoms with E-state index in [4.69, 9.17) is 5.73 Å². The van der Waals surface area contributed by atoms with E-state index in [2.05, 4.69) is 39.9 Å². The number of para-hydroxylation sites is 2. The van der Waals surface area contributed by atoms with Crippen LogP contribution >= 0.6 is 0 Å². The number of anilines is 1. The smallest absolute Gasteiger partial charge is 0.250 e. The molecular weight excluding hydrogens is 312 g/mol. The number of amidine groups is 1. The molecule has 0 aromatic heterocycles. The zero-order valence-corrected chi connectivity index (χ0v) is 13.6. The fourth-order valence-electron chi connectivity index (χ4n) is 2.97. The summed E-state index contributed by atoms with van der Waals surface area (Å²) in [5, 5.41) is 8.41. The van der Waals surface area contributed by atoms with Crippen LogP contribution in [0.2, 0.25) is 0 Å². The molecule has 1 aliphatic rings. The van der Waals surface area contributed by atoms with Crippen molar-refractivity contribution in [2.45, 2.75) is 12.6 Å². The molecule has 3 aromatic carbocycles. The Labute approximate surface area is 145 Å². The third-order valence-electron chi connectivity index (χ3n) is 4.29. The minimum absolute atomic E-state index is 0.191. The van der Waals surface area contributed by atoms with Gasteiger partial charge in [0.2, 0.25) is 0 Å². The number of nitrogens with one attached hydrogen (secondary N) is 2. The van der Waals surface area contributed by atoms with Crippen molar-refractivity contribution >= 4 is 33.9 Å². The van der Waals surface area contributed by atoms with Gasteiger partial charge in [0.05, 0.1) is 11.4 Å². The molecular formula is C20H18N4O. The summed E-state index contributed by atoms with van der Waals surface area (Å²) in [6, 6.07) is 21.2. The molecule has 124 valence electrons. The van der Waals surface area contributed by atoms with Crippen molar-refractivity contribution in [3.05, 3.63) is 72.3 Å². The van der Waals surface area contributed by atoms with Gasteiger partial charge in [-0.15, -0.1) is 0 Å². The Morgan fingerprint density at radius 2 is 1.80 bits per heavy atom. The topological polar surface area (TPSA) is 79.5 Å². The Morgan fingerprint density at radius 3 is 2.68 bits per heavy atom. The highest BCUT2D eigenvalue weighted by atomic mass is 16.2. The van der Waals surface area contributed by atoms with Gasteiger partial charge in [-0.1, -0.05) is 48.5 Å². The van der Waals surface area contributed by atoms with Crippen molar-refractivity contribution < 1.29 is 4.79 Å². The van der Waals surface area contributed by atoms with Crippen LogP contribution in [-0.4, -0.2) is 17.8 Å². The predicted molar refractivity (Wildman–Crippen MR) is 101 cm³/mol. The van der Waals surface area contributed by atoms with Crippen LogP contribution in [-0.2, 0) is 11.3 Å². The van der Waals surface area contributed by atoms with E-state index in [0.717, 1.165) is 22.3 Å². The first kappa shape index (κ1) is 15.2. The molecule has 0 saturated carbocycles. The Kier molecular flexibility index (Phi) is 3.82. The summed E-state index contributed by atoms with van der Waals surface area (Å²) in [7, 11) is 0. The Balaban J connectivity index is 1.47. The molecule has 1 heterocycles.